The van der Waals surface area contributed by atoms with Crippen LogP contribution in [0.5, 0.6) is 0 Å². The van der Waals surface area contributed by atoms with E-state index in [1.165, 1.54) is 18.3 Å². The summed E-state index contributed by atoms with van der Waals surface area (Å²) in [7, 11) is -4.20. The number of alkyl halides is 3. The fourth-order valence-electron chi connectivity index (χ4n) is 2.82. The molecule has 0 bridgehead atoms. The van der Waals surface area contributed by atoms with Crippen molar-refractivity contribution in [3.63, 3.8) is 0 Å². The molecule has 1 aliphatic rings. The normalized spacial score (nSPS) is 18.0. The molecule has 130 valence electrons. The summed E-state index contributed by atoms with van der Waals surface area (Å²) in [4.78, 5) is -0.697. The lowest BCUT2D eigenvalue weighted by Crippen LogP contribution is -2.39. The van der Waals surface area contributed by atoms with Gasteiger partial charge in [0.2, 0.25) is 10.0 Å². The summed E-state index contributed by atoms with van der Waals surface area (Å²) < 4.78 is 67.3. The maximum Gasteiger partial charge on any atom is 0.417 e. The van der Waals surface area contributed by atoms with Crippen molar-refractivity contribution in [1.29, 1.82) is 0 Å². The van der Waals surface area contributed by atoms with Gasteiger partial charge in [-0.2, -0.15) is 17.5 Å². The minimum Gasteiger partial charge on any atom is -0.249 e. The molecular formula is C14H15F3N4O2S. The van der Waals surface area contributed by atoms with Gasteiger partial charge in [-0.25, -0.2) is 13.1 Å². The van der Waals surface area contributed by atoms with E-state index in [2.05, 4.69) is 10.3 Å². The summed E-state index contributed by atoms with van der Waals surface area (Å²) in [6.07, 6.45) is -0.563. The van der Waals surface area contributed by atoms with Crippen molar-refractivity contribution in [2.24, 2.45) is 0 Å². The van der Waals surface area contributed by atoms with Gasteiger partial charge < -0.3 is 0 Å². The van der Waals surface area contributed by atoms with Crippen LogP contribution >= 0.6 is 0 Å². The maximum absolute atomic E-state index is 13.1. The van der Waals surface area contributed by atoms with Crippen LogP contribution in [0, 0.1) is 0 Å². The molecule has 1 aromatic carbocycles. The summed E-state index contributed by atoms with van der Waals surface area (Å²) in [6, 6.07) is 4.26. The van der Waals surface area contributed by atoms with Crippen LogP contribution in [0.1, 0.15) is 24.4 Å². The highest BCUT2D eigenvalue weighted by Gasteiger charge is 2.39. The lowest BCUT2D eigenvalue weighted by Gasteiger charge is -2.31. The summed E-state index contributed by atoms with van der Waals surface area (Å²) in [6.45, 7) is 0.276. The Kier molecular flexibility index (Phi) is 4.35. The zero-order valence-electron chi connectivity index (χ0n) is 12.5. The van der Waals surface area contributed by atoms with Crippen LogP contribution in [0.15, 0.2) is 41.6 Å². The molecule has 0 spiro atoms. The average molecular weight is 360 g/mol. The number of halogens is 3. The lowest BCUT2D eigenvalue weighted by atomic mass is 10.1. The number of piperidine rings is 1. The van der Waals surface area contributed by atoms with Crippen molar-refractivity contribution in [1.82, 2.24) is 19.3 Å². The van der Waals surface area contributed by atoms with Gasteiger partial charge in [0, 0.05) is 19.3 Å². The summed E-state index contributed by atoms with van der Waals surface area (Å²) in [5.74, 6) is 0. The van der Waals surface area contributed by atoms with Crippen molar-refractivity contribution in [2.75, 3.05) is 13.1 Å². The lowest BCUT2D eigenvalue weighted by molar-refractivity contribution is -0.139. The average Bonchev–Trinajstić information content (AvgIpc) is 3.09. The number of benzene rings is 1. The van der Waals surface area contributed by atoms with Gasteiger partial charge in [-0.15, -0.1) is 5.10 Å². The fourth-order valence-corrected chi connectivity index (χ4v) is 4.51. The molecule has 3 rings (SSSR count). The number of hydrogen-bond acceptors (Lipinski definition) is 4. The van der Waals surface area contributed by atoms with Gasteiger partial charge in [-0.05, 0) is 25.0 Å². The van der Waals surface area contributed by atoms with Gasteiger partial charge in [0.1, 0.15) is 0 Å². The molecule has 0 saturated carbocycles. The van der Waals surface area contributed by atoms with E-state index < -0.39 is 26.7 Å². The molecule has 24 heavy (non-hydrogen) atoms. The Morgan fingerprint density at radius 3 is 2.38 bits per heavy atom. The van der Waals surface area contributed by atoms with E-state index in [0.29, 0.717) is 12.8 Å². The molecule has 2 aromatic rings. The second-order valence-electron chi connectivity index (χ2n) is 5.51. The third-order valence-electron chi connectivity index (χ3n) is 4.05. The molecule has 2 heterocycles. The van der Waals surface area contributed by atoms with Crippen LogP contribution in [0.4, 0.5) is 13.2 Å². The summed E-state index contributed by atoms with van der Waals surface area (Å²) in [5.41, 5.74) is -1.14. The SMILES string of the molecule is O=S(=O)(c1ccccc1C(F)(F)F)N1CCC(n2ccnn2)CC1. The molecule has 0 radical (unpaired) electrons. The van der Waals surface area contributed by atoms with Crippen LogP contribution in [-0.4, -0.2) is 40.8 Å². The smallest absolute Gasteiger partial charge is 0.249 e. The molecule has 1 aromatic heterocycles. The van der Waals surface area contributed by atoms with E-state index in [0.717, 1.165) is 16.4 Å². The van der Waals surface area contributed by atoms with Crippen LogP contribution in [0.3, 0.4) is 0 Å². The highest BCUT2D eigenvalue weighted by Crippen LogP contribution is 2.36. The first kappa shape index (κ1) is 16.9. The molecule has 0 atom stereocenters. The molecule has 0 amide bonds. The molecular weight excluding hydrogens is 345 g/mol. The van der Waals surface area contributed by atoms with Crippen molar-refractivity contribution < 1.29 is 21.6 Å². The number of hydrogen-bond donors (Lipinski definition) is 0. The Bertz CT molecular complexity index is 798. The molecule has 6 nitrogen and oxygen atoms in total. The second-order valence-corrected chi connectivity index (χ2v) is 7.42. The number of rotatable bonds is 3. The molecule has 0 N–H and O–H groups in total. The van der Waals surface area contributed by atoms with Crippen molar-refractivity contribution in [2.45, 2.75) is 30.0 Å². The largest absolute Gasteiger partial charge is 0.417 e. The highest BCUT2D eigenvalue weighted by molar-refractivity contribution is 7.89. The van der Waals surface area contributed by atoms with E-state index in [-0.39, 0.29) is 19.1 Å². The predicted octanol–water partition coefficient (Wildman–Crippen LogP) is 2.32. The Labute approximate surface area is 136 Å². The molecule has 0 aliphatic carbocycles. The van der Waals surface area contributed by atoms with E-state index in [4.69, 9.17) is 0 Å². The highest BCUT2D eigenvalue weighted by atomic mass is 32.2. The van der Waals surface area contributed by atoms with Crippen molar-refractivity contribution in [3.05, 3.63) is 42.2 Å². The minimum atomic E-state index is -4.72. The second kappa shape index (κ2) is 6.17. The molecule has 1 aliphatic heterocycles. The number of sulfonamides is 1. The van der Waals surface area contributed by atoms with E-state index in [1.54, 1.807) is 10.9 Å². The first-order valence-electron chi connectivity index (χ1n) is 7.32. The quantitative estimate of drug-likeness (QED) is 0.842. The molecule has 1 fully saturated rings. The van der Waals surface area contributed by atoms with Crippen LogP contribution in [0.2, 0.25) is 0 Å². The predicted molar refractivity (Wildman–Crippen MR) is 78.5 cm³/mol. The Morgan fingerprint density at radius 1 is 1.12 bits per heavy atom. The van der Waals surface area contributed by atoms with Crippen LogP contribution in [-0.2, 0) is 16.2 Å². The zero-order chi connectivity index (χ0) is 17.4. The van der Waals surface area contributed by atoms with E-state index in [9.17, 15) is 21.6 Å². The topological polar surface area (TPSA) is 68.1 Å². The van der Waals surface area contributed by atoms with Gasteiger partial charge in [-0.3, -0.25) is 0 Å². The number of aromatic nitrogens is 3. The van der Waals surface area contributed by atoms with Gasteiger partial charge in [0.25, 0.3) is 0 Å². The van der Waals surface area contributed by atoms with Crippen LogP contribution < -0.4 is 0 Å². The first-order valence-corrected chi connectivity index (χ1v) is 8.76. The third-order valence-corrected chi connectivity index (χ3v) is 6.01. The van der Waals surface area contributed by atoms with Gasteiger partial charge in [-0.1, -0.05) is 17.3 Å². The summed E-state index contributed by atoms with van der Waals surface area (Å²) >= 11 is 0. The monoisotopic (exact) mass is 360 g/mol. The van der Waals surface area contributed by atoms with Gasteiger partial charge in [0.05, 0.1) is 22.7 Å². The third kappa shape index (κ3) is 3.16. The van der Waals surface area contributed by atoms with Gasteiger partial charge in [0.15, 0.2) is 0 Å². The zero-order valence-corrected chi connectivity index (χ0v) is 13.3. The summed E-state index contributed by atoms with van der Waals surface area (Å²) in [5, 5.41) is 7.59. The van der Waals surface area contributed by atoms with Crippen LogP contribution in [0.25, 0.3) is 0 Å². The minimum absolute atomic E-state index is 0.00295. The van der Waals surface area contributed by atoms with Gasteiger partial charge >= 0.3 is 6.18 Å². The number of nitrogens with zero attached hydrogens (tertiary/aromatic N) is 4. The maximum atomic E-state index is 13.1. The molecule has 1 saturated heterocycles. The Balaban J connectivity index is 1.83. The molecule has 10 heteroatoms. The Hall–Kier alpha value is -1.94. The first-order chi connectivity index (χ1) is 11.3. The fraction of sp³-hybridized carbons (Fsp3) is 0.429. The Morgan fingerprint density at radius 2 is 1.79 bits per heavy atom. The van der Waals surface area contributed by atoms with Crippen molar-refractivity contribution in [3.8, 4) is 0 Å². The molecule has 0 unspecified atom stereocenters. The van der Waals surface area contributed by atoms with Crippen molar-refractivity contribution >= 4 is 10.0 Å². The standard InChI is InChI=1S/C14H15F3N4O2S/c15-14(16,17)12-3-1-2-4-13(12)24(22,23)20-8-5-11(6-9-20)21-10-7-18-19-21/h1-4,7,10-11H,5-6,8-9H2. The van der Waals surface area contributed by atoms with E-state index >= 15 is 0 Å². The van der Waals surface area contributed by atoms with E-state index in [1.807, 2.05) is 0 Å².